The highest BCUT2D eigenvalue weighted by molar-refractivity contribution is 7.13. The first-order valence-corrected chi connectivity index (χ1v) is 8.93. The van der Waals surface area contributed by atoms with Crippen LogP contribution >= 0.6 is 22.9 Å². The summed E-state index contributed by atoms with van der Waals surface area (Å²) >= 11 is 7.27. The fourth-order valence-electron chi connectivity index (χ4n) is 2.02. The number of carbonyl (C=O) groups excluding carboxylic acids is 2. The van der Waals surface area contributed by atoms with E-state index in [1.54, 1.807) is 24.3 Å². The molecule has 0 bridgehead atoms. The maximum absolute atomic E-state index is 11.7. The number of halogens is 1. The van der Waals surface area contributed by atoms with Crippen molar-refractivity contribution in [3.8, 4) is 10.7 Å². The molecule has 1 aromatic carbocycles. The number of anilines is 1. The summed E-state index contributed by atoms with van der Waals surface area (Å²) < 4.78 is 10.0. The standard InChI is InChI=1S/C17H14ClN3O4S/c18-11-3-5-12(6-4-11)19-14(22)10-24-16(23)8-7-15-20-17(21-25-15)13-2-1-9-26-13/h1-6,9H,7-8,10H2,(H,19,22). The van der Waals surface area contributed by atoms with Crippen molar-refractivity contribution >= 4 is 40.5 Å². The lowest BCUT2D eigenvalue weighted by Crippen LogP contribution is -2.21. The van der Waals surface area contributed by atoms with Gasteiger partial charge >= 0.3 is 5.97 Å². The second kappa shape index (κ2) is 8.59. The smallest absolute Gasteiger partial charge is 0.306 e. The Balaban J connectivity index is 1.40. The SMILES string of the molecule is O=C(COC(=O)CCc1nc(-c2cccs2)no1)Nc1ccc(Cl)cc1. The van der Waals surface area contributed by atoms with Crippen molar-refractivity contribution in [2.75, 3.05) is 11.9 Å². The lowest BCUT2D eigenvalue weighted by molar-refractivity contribution is -0.147. The Morgan fingerprint density at radius 1 is 1.23 bits per heavy atom. The number of aromatic nitrogens is 2. The lowest BCUT2D eigenvalue weighted by atomic mass is 10.3. The molecule has 0 saturated heterocycles. The van der Waals surface area contributed by atoms with Gasteiger partial charge in [-0.1, -0.05) is 22.8 Å². The molecule has 2 aromatic heterocycles. The normalized spacial score (nSPS) is 10.5. The molecule has 3 aromatic rings. The summed E-state index contributed by atoms with van der Waals surface area (Å²) in [5.74, 6) is -0.118. The van der Waals surface area contributed by atoms with E-state index in [0.29, 0.717) is 22.4 Å². The molecular formula is C17H14ClN3O4S. The number of rotatable bonds is 7. The molecule has 0 aliphatic rings. The van der Waals surface area contributed by atoms with Crippen LogP contribution in [0.15, 0.2) is 46.3 Å². The number of benzene rings is 1. The van der Waals surface area contributed by atoms with Crippen molar-refractivity contribution in [3.05, 3.63) is 52.7 Å². The van der Waals surface area contributed by atoms with E-state index in [4.69, 9.17) is 20.9 Å². The Labute approximate surface area is 157 Å². The number of amides is 1. The van der Waals surface area contributed by atoms with E-state index in [-0.39, 0.29) is 19.4 Å². The minimum Gasteiger partial charge on any atom is -0.456 e. The first kappa shape index (κ1) is 18.1. The molecule has 26 heavy (non-hydrogen) atoms. The van der Waals surface area contributed by atoms with E-state index in [2.05, 4.69) is 15.5 Å². The van der Waals surface area contributed by atoms with Gasteiger partial charge in [0.15, 0.2) is 6.61 Å². The van der Waals surface area contributed by atoms with Gasteiger partial charge in [0.1, 0.15) is 0 Å². The van der Waals surface area contributed by atoms with Gasteiger partial charge in [-0.05, 0) is 35.7 Å². The Kier molecular flexibility index (Phi) is 5.98. The molecule has 0 saturated carbocycles. The van der Waals surface area contributed by atoms with Crippen molar-refractivity contribution in [2.24, 2.45) is 0 Å². The summed E-state index contributed by atoms with van der Waals surface area (Å²) in [4.78, 5) is 28.6. The monoisotopic (exact) mass is 391 g/mol. The fraction of sp³-hybridized carbons (Fsp3) is 0.176. The van der Waals surface area contributed by atoms with E-state index >= 15 is 0 Å². The maximum Gasteiger partial charge on any atom is 0.306 e. The Bertz CT molecular complexity index is 878. The molecule has 9 heteroatoms. The molecule has 1 amide bonds. The largest absolute Gasteiger partial charge is 0.456 e. The molecule has 0 unspecified atom stereocenters. The topological polar surface area (TPSA) is 94.3 Å². The number of nitrogens with zero attached hydrogens (tertiary/aromatic N) is 2. The first-order chi connectivity index (χ1) is 12.6. The van der Waals surface area contributed by atoms with Gasteiger partial charge in [-0.15, -0.1) is 11.3 Å². The summed E-state index contributed by atoms with van der Waals surface area (Å²) in [7, 11) is 0. The summed E-state index contributed by atoms with van der Waals surface area (Å²) in [5, 5.41) is 8.95. The van der Waals surface area contributed by atoms with Crippen LogP contribution in [-0.4, -0.2) is 28.6 Å². The predicted octanol–water partition coefficient (Wildman–Crippen LogP) is 3.57. The van der Waals surface area contributed by atoms with E-state index in [9.17, 15) is 9.59 Å². The second-order valence-electron chi connectivity index (χ2n) is 5.20. The van der Waals surface area contributed by atoms with Gasteiger partial charge in [-0.25, -0.2) is 0 Å². The second-order valence-corrected chi connectivity index (χ2v) is 6.59. The molecule has 134 valence electrons. The highest BCUT2D eigenvalue weighted by Gasteiger charge is 2.13. The molecule has 2 heterocycles. The highest BCUT2D eigenvalue weighted by Crippen LogP contribution is 2.21. The van der Waals surface area contributed by atoms with Gasteiger partial charge in [0.25, 0.3) is 5.91 Å². The quantitative estimate of drug-likeness (QED) is 0.619. The number of esters is 1. The third-order valence-electron chi connectivity index (χ3n) is 3.24. The third kappa shape index (κ3) is 5.14. The van der Waals surface area contributed by atoms with Crippen molar-refractivity contribution in [1.82, 2.24) is 10.1 Å². The number of nitrogens with one attached hydrogen (secondary N) is 1. The first-order valence-electron chi connectivity index (χ1n) is 7.67. The van der Waals surface area contributed by atoms with Gasteiger partial charge < -0.3 is 14.6 Å². The Morgan fingerprint density at radius 2 is 2.04 bits per heavy atom. The van der Waals surface area contributed by atoms with Gasteiger partial charge in [0.2, 0.25) is 11.7 Å². The zero-order valence-corrected chi connectivity index (χ0v) is 15.0. The van der Waals surface area contributed by atoms with Crippen LogP contribution < -0.4 is 5.32 Å². The highest BCUT2D eigenvalue weighted by atomic mass is 35.5. The molecule has 7 nitrogen and oxygen atoms in total. The molecule has 0 fully saturated rings. The average molecular weight is 392 g/mol. The van der Waals surface area contributed by atoms with Crippen molar-refractivity contribution in [1.29, 1.82) is 0 Å². The van der Waals surface area contributed by atoms with Crippen LogP contribution in [-0.2, 0) is 20.7 Å². The van der Waals surface area contributed by atoms with Crippen molar-refractivity contribution in [2.45, 2.75) is 12.8 Å². The van der Waals surface area contributed by atoms with E-state index in [1.807, 2.05) is 17.5 Å². The van der Waals surface area contributed by atoms with E-state index in [1.165, 1.54) is 11.3 Å². The van der Waals surface area contributed by atoms with Crippen LogP contribution in [0.4, 0.5) is 5.69 Å². The summed E-state index contributed by atoms with van der Waals surface area (Å²) in [6, 6.07) is 10.4. The summed E-state index contributed by atoms with van der Waals surface area (Å²) in [6.45, 7) is -0.369. The number of ether oxygens (including phenoxy) is 1. The van der Waals surface area contributed by atoms with Crippen molar-refractivity contribution in [3.63, 3.8) is 0 Å². The summed E-state index contributed by atoms with van der Waals surface area (Å²) in [6.07, 6.45) is 0.288. The minimum absolute atomic E-state index is 0.0420. The molecule has 0 atom stereocenters. The van der Waals surface area contributed by atoms with Crippen molar-refractivity contribution < 1.29 is 18.8 Å². The van der Waals surface area contributed by atoms with Crippen LogP contribution in [0.1, 0.15) is 12.3 Å². The van der Waals surface area contributed by atoms with Crippen LogP contribution in [0.25, 0.3) is 10.7 Å². The Hall–Kier alpha value is -2.71. The molecule has 0 aliphatic heterocycles. The third-order valence-corrected chi connectivity index (χ3v) is 4.36. The van der Waals surface area contributed by atoms with Crippen LogP contribution in [0.3, 0.4) is 0 Å². The van der Waals surface area contributed by atoms with Crippen LogP contribution in [0.2, 0.25) is 5.02 Å². The van der Waals surface area contributed by atoms with Gasteiger partial charge in [-0.3, -0.25) is 9.59 Å². The maximum atomic E-state index is 11.7. The van der Waals surface area contributed by atoms with Crippen LogP contribution in [0.5, 0.6) is 0 Å². The number of thiophene rings is 1. The van der Waals surface area contributed by atoms with E-state index < -0.39 is 11.9 Å². The zero-order chi connectivity index (χ0) is 18.4. The van der Waals surface area contributed by atoms with Gasteiger partial charge in [0.05, 0.1) is 11.3 Å². The number of hydrogen-bond acceptors (Lipinski definition) is 7. The van der Waals surface area contributed by atoms with Gasteiger partial charge in [0, 0.05) is 17.1 Å². The van der Waals surface area contributed by atoms with E-state index in [0.717, 1.165) is 4.88 Å². The zero-order valence-electron chi connectivity index (χ0n) is 13.5. The number of carbonyl (C=O) groups is 2. The predicted molar refractivity (Wildman–Crippen MR) is 97.0 cm³/mol. The molecule has 1 N–H and O–H groups in total. The Morgan fingerprint density at radius 3 is 2.77 bits per heavy atom. The molecular weight excluding hydrogens is 378 g/mol. The fourth-order valence-corrected chi connectivity index (χ4v) is 2.79. The molecule has 0 aliphatic carbocycles. The molecule has 3 rings (SSSR count). The average Bonchev–Trinajstić information content (AvgIpc) is 3.31. The molecule has 0 radical (unpaired) electrons. The van der Waals surface area contributed by atoms with Crippen LogP contribution in [0, 0.1) is 0 Å². The number of aryl methyl sites for hydroxylation is 1. The minimum atomic E-state index is -0.521. The molecule has 0 spiro atoms. The lowest BCUT2D eigenvalue weighted by Gasteiger charge is -2.06. The number of hydrogen-bond donors (Lipinski definition) is 1. The summed E-state index contributed by atoms with van der Waals surface area (Å²) in [5.41, 5.74) is 0.572. The van der Waals surface area contributed by atoms with Gasteiger partial charge in [-0.2, -0.15) is 4.98 Å².